The number of nitrogens with zero attached hydrogens (tertiary/aromatic N) is 1. The predicted octanol–water partition coefficient (Wildman–Crippen LogP) is 3.26. The fraction of sp³-hybridized carbons (Fsp3) is 0.409. The van der Waals surface area contributed by atoms with E-state index in [2.05, 4.69) is 53.7 Å². The van der Waals surface area contributed by atoms with E-state index in [1.807, 2.05) is 37.3 Å². The average Bonchev–Trinajstić information content (AvgIpc) is 2.65. The van der Waals surface area contributed by atoms with Gasteiger partial charge in [0.2, 0.25) is 0 Å². The van der Waals surface area contributed by atoms with E-state index >= 15 is 0 Å². The topological polar surface area (TPSA) is 70.6 Å². The minimum atomic E-state index is -3.01. The lowest BCUT2D eigenvalue weighted by Crippen LogP contribution is -2.43. The van der Waals surface area contributed by atoms with Gasteiger partial charge in [0.05, 0.1) is 12.3 Å². The second-order valence-electron chi connectivity index (χ2n) is 7.69. The van der Waals surface area contributed by atoms with Crippen LogP contribution in [-0.4, -0.2) is 33.7 Å². The van der Waals surface area contributed by atoms with Crippen LogP contribution in [0.1, 0.15) is 37.5 Å². The van der Waals surface area contributed by atoms with Crippen LogP contribution < -0.4 is 10.6 Å². The summed E-state index contributed by atoms with van der Waals surface area (Å²) in [6.07, 6.45) is 1.25. The van der Waals surface area contributed by atoms with Crippen molar-refractivity contribution in [3.05, 3.63) is 71.3 Å². The molecule has 0 aliphatic rings. The van der Waals surface area contributed by atoms with Crippen LogP contribution in [0.5, 0.6) is 0 Å². The molecule has 0 unspecified atom stereocenters. The number of sulfone groups is 1. The van der Waals surface area contributed by atoms with Crippen molar-refractivity contribution in [2.45, 2.75) is 38.5 Å². The van der Waals surface area contributed by atoms with Crippen molar-refractivity contribution in [1.82, 2.24) is 10.6 Å². The fourth-order valence-corrected chi connectivity index (χ4v) is 3.65. The van der Waals surface area contributed by atoms with Crippen molar-refractivity contribution < 1.29 is 8.42 Å². The molecule has 6 heteroatoms. The SMILES string of the molecule is CCNC(=NCc1ccc(CS(C)(=O)=O)cc1)NCC(C)(C)c1ccccc1. The number of hydrogen-bond donors (Lipinski definition) is 2. The summed E-state index contributed by atoms with van der Waals surface area (Å²) in [5, 5.41) is 6.71. The van der Waals surface area contributed by atoms with Gasteiger partial charge in [0.1, 0.15) is 0 Å². The molecule has 152 valence electrons. The minimum absolute atomic E-state index is 0.0231. The third kappa shape index (κ3) is 7.35. The summed E-state index contributed by atoms with van der Waals surface area (Å²) in [6.45, 7) is 8.53. The zero-order valence-electron chi connectivity index (χ0n) is 17.2. The Hall–Kier alpha value is -2.34. The summed E-state index contributed by atoms with van der Waals surface area (Å²) >= 11 is 0. The molecule has 0 amide bonds. The van der Waals surface area contributed by atoms with Gasteiger partial charge in [-0.25, -0.2) is 13.4 Å². The van der Waals surface area contributed by atoms with Crippen LogP contribution in [-0.2, 0) is 27.5 Å². The first-order valence-electron chi connectivity index (χ1n) is 9.53. The molecular weight excluding hydrogens is 370 g/mol. The number of guanidine groups is 1. The number of aliphatic imine (C=N–C) groups is 1. The van der Waals surface area contributed by atoms with Crippen LogP contribution in [0, 0.1) is 0 Å². The van der Waals surface area contributed by atoms with E-state index in [1.54, 1.807) is 0 Å². The second kappa shape index (κ2) is 9.73. The maximum absolute atomic E-state index is 11.4. The zero-order chi connectivity index (χ0) is 20.6. The molecule has 2 aromatic rings. The Labute approximate surface area is 169 Å². The third-order valence-electron chi connectivity index (χ3n) is 4.47. The lowest BCUT2D eigenvalue weighted by molar-refractivity contribution is 0.508. The summed E-state index contributed by atoms with van der Waals surface area (Å²) in [4.78, 5) is 4.66. The first-order valence-corrected chi connectivity index (χ1v) is 11.6. The van der Waals surface area contributed by atoms with E-state index < -0.39 is 9.84 Å². The van der Waals surface area contributed by atoms with Gasteiger partial charge in [-0.2, -0.15) is 0 Å². The molecule has 28 heavy (non-hydrogen) atoms. The highest BCUT2D eigenvalue weighted by atomic mass is 32.2. The van der Waals surface area contributed by atoms with Gasteiger partial charge < -0.3 is 10.6 Å². The molecule has 0 spiro atoms. The Kier molecular flexibility index (Phi) is 7.63. The highest BCUT2D eigenvalue weighted by molar-refractivity contribution is 7.89. The van der Waals surface area contributed by atoms with E-state index in [0.717, 1.165) is 30.2 Å². The molecule has 0 aliphatic carbocycles. The standard InChI is InChI=1S/C22H31N3O2S/c1-5-23-21(25-17-22(2,3)20-9-7-6-8-10-20)24-15-18-11-13-19(14-12-18)16-28(4,26)27/h6-14H,5,15-17H2,1-4H3,(H2,23,24,25). The molecule has 0 bridgehead atoms. The van der Waals surface area contributed by atoms with E-state index in [4.69, 9.17) is 0 Å². The summed E-state index contributed by atoms with van der Waals surface area (Å²) in [6, 6.07) is 18.0. The van der Waals surface area contributed by atoms with Crippen molar-refractivity contribution in [2.75, 3.05) is 19.3 Å². The van der Waals surface area contributed by atoms with E-state index in [0.29, 0.717) is 6.54 Å². The molecule has 2 N–H and O–H groups in total. The van der Waals surface area contributed by atoms with Gasteiger partial charge in [0, 0.05) is 24.8 Å². The van der Waals surface area contributed by atoms with Crippen molar-refractivity contribution in [3.8, 4) is 0 Å². The average molecular weight is 402 g/mol. The molecule has 0 aliphatic heterocycles. The number of hydrogen-bond acceptors (Lipinski definition) is 3. The lowest BCUT2D eigenvalue weighted by Gasteiger charge is -2.26. The quantitative estimate of drug-likeness (QED) is 0.526. The summed E-state index contributed by atoms with van der Waals surface area (Å²) in [5.74, 6) is 0.835. The number of nitrogens with one attached hydrogen (secondary N) is 2. The highest BCUT2D eigenvalue weighted by Crippen LogP contribution is 2.21. The Morgan fingerprint density at radius 3 is 2.14 bits per heavy atom. The van der Waals surface area contributed by atoms with Gasteiger partial charge in [0.15, 0.2) is 15.8 Å². The Bertz CT molecular complexity index is 874. The number of rotatable bonds is 8. The molecule has 5 nitrogen and oxygen atoms in total. The van der Waals surface area contributed by atoms with Crippen LogP contribution in [0.25, 0.3) is 0 Å². The van der Waals surface area contributed by atoms with Crippen LogP contribution in [0.4, 0.5) is 0 Å². The molecular formula is C22H31N3O2S. The molecule has 0 aromatic heterocycles. The molecule has 0 saturated carbocycles. The molecule has 2 rings (SSSR count). The second-order valence-corrected chi connectivity index (χ2v) is 9.83. The first-order chi connectivity index (χ1) is 13.2. The fourth-order valence-electron chi connectivity index (χ4n) is 2.85. The Morgan fingerprint density at radius 1 is 0.964 bits per heavy atom. The van der Waals surface area contributed by atoms with Crippen molar-refractivity contribution in [1.29, 1.82) is 0 Å². The van der Waals surface area contributed by atoms with Gasteiger partial charge in [0.25, 0.3) is 0 Å². The van der Waals surface area contributed by atoms with Gasteiger partial charge in [-0.15, -0.1) is 0 Å². The van der Waals surface area contributed by atoms with Crippen LogP contribution in [0.2, 0.25) is 0 Å². The first kappa shape index (κ1) is 22.0. The smallest absolute Gasteiger partial charge is 0.191 e. The predicted molar refractivity (Wildman–Crippen MR) is 117 cm³/mol. The van der Waals surface area contributed by atoms with Crippen LogP contribution in [0.15, 0.2) is 59.6 Å². The molecule has 0 saturated heterocycles. The molecule has 0 fully saturated rings. The molecule has 0 heterocycles. The summed E-state index contributed by atoms with van der Waals surface area (Å²) in [5.41, 5.74) is 3.09. The maximum Gasteiger partial charge on any atom is 0.191 e. The van der Waals surface area contributed by atoms with Gasteiger partial charge >= 0.3 is 0 Å². The van der Waals surface area contributed by atoms with Gasteiger partial charge in [-0.05, 0) is 23.6 Å². The van der Waals surface area contributed by atoms with Crippen molar-refractivity contribution >= 4 is 15.8 Å². The molecule has 0 radical (unpaired) electrons. The van der Waals surface area contributed by atoms with Gasteiger partial charge in [-0.3, -0.25) is 0 Å². The zero-order valence-corrected chi connectivity index (χ0v) is 18.0. The van der Waals surface area contributed by atoms with E-state index in [-0.39, 0.29) is 11.2 Å². The Balaban J connectivity index is 2.00. The summed E-state index contributed by atoms with van der Waals surface area (Å²) in [7, 11) is -3.01. The van der Waals surface area contributed by atoms with Crippen LogP contribution >= 0.6 is 0 Å². The maximum atomic E-state index is 11.4. The highest BCUT2D eigenvalue weighted by Gasteiger charge is 2.20. The third-order valence-corrected chi connectivity index (χ3v) is 5.33. The monoisotopic (exact) mass is 401 g/mol. The van der Waals surface area contributed by atoms with Crippen molar-refractivity contribution in [2.24, 2.45) is 4.99 Å². The largest absolute Gasteiger partial charge is 0.357 e. The number of benzene rings is 2. The van der Waals surface area contributed by atoms with Crippen molar-refractivity contribution in [3.63, 3.8) is 0 Å². The lowest BCUT2D eigenvalue weighted by atomic mass is 9.85. The van der Waals surface area contributed by atoms with Crippen LogP contribution in [0.3, 0.4) is 0 Å². The molecule has 0 atom stereocenters. The summed E-state index contributed by atoms with van der Waals surface area (Å²) < 4.78 is 22.8. The van der Waals surface area contributed by atoms with E-state index in [9.17, 15) is 8.42 Å². The molecule has 2 aromatic carbocycles. The minimum Gasteiger partial charge on any atom is -0.357 e. The Morgan fingerprint density at radius 2 is 1.57 bits per heavy atom. The van der Waals surface area contributed by atoms with Gasteiger partial charge in [-0.1, -0.05) is 68.4 Å². The normalized spacial score (nSPS) is 12.6. The van der Waals surface area contributed by atoms with E-state index in [1.165, 1.54) is 11.8 Å².